The molecule has 74 valence electrons. The summed E-state index contributed by atoms with van der Waals surface area (Å²) in [4.78, 5) is 0. The summed E-state index contributed by atoms with van der Waals surface area (Å²) in [5.74, 6) is 5.14. The molecule has 0 aromatic heterocycles. The van der Waals surface area contributed by atoms with E-state index in [4.69, 9.17) is 10.5 Å². The molecule has 0 radical (unpaired) electrons. The highest BCUT2D eigenvalue weighted by Crippen LogP contribution is 2.09. The summed E-state index contributed by atoms with van der Waals surface area (Å²) in [6, 6.07) is 4.59. The highest BCUT2D eigenvalue weighted by Gasteiger charge is 1.98. The fraction of sp³-hybridized carbons (Fsp3) is 0.273. The van der Waals surface area contributed by atoms with Gasteiger partial charge in [-0.2, -0.15) is 0 Å². The van der Waals surface area contributed by atoms with Crippen LogP contribution in [0.15, 0.2) is 18.2 Å². The van der Waals surface area contributed by atoms with Crippen LogP contribution in [0.1, 0.15) is 11.1 Å². The van der Waals surface area contributed by atoms with Gasteiger partial charge in [-0.25, -0.2) is 4.39 Å². The normalized spacial score (nSPS) is 9.36. The van der Waals surface area contributed by atoms with Gasteiger partial charge >= 0.3 is 0 Å². The van der Waals surface area contributed by atoms with Gasteiger partial charge in [0, 0.05) is 12.7 Å². The van der Waals surface area contributed by atoms with Crippen molar-refractivity contribution in [2.75, 3.05) is 13.7 Å². The van der Waals surface area contributed by atoms with Crippen LogP contribution >= 0.6 is 0 Å². The Morgan fingerprint density at radius 1 is 1.43 bits per heavy atom. The lowest BCUT2D eigenvalue weighted by atomic mass is 10.1. The third-order valence-electron chi connectivity index (χ3n) is 1.60. The summed E-state index contributed by atoms with van der Waals surface area (Å²) in [5, 5.41) is 0. The van der Waals surface area contributed by atoms with Crippen molar-refractivity contribution in [2.24, 2.45) is 5.73 Å². The van der Waals surface area contributed by atoms with Gasteiger partial charge in [-0.05, 0) is 23.8 Å². The Balaban J connectivity index is 2.94. The zero-order chi connectivity index (χ0) is 10.4. The highest BCUT2D eigenvalue weighted by atomic mass is 19.1. The largest absolute Gasteiger partial charge is 0.380 e. The van der Waals surface area contributed by atoms with Gasteiger partial charge in [0.25, 0.3) is 0 Å². The van der Waals surface area contributed by atoms with Crippen LogP contribution in [0.2, 0.25) is 0 Å². The molecule has 0 aliphatic heterocycles. The van der Waals surface area contributed by atoms with Gasteiger partial charge in [-0.3, -0.25) is 0 Å². The minimum atomic E-state index is -0.305. The van der Waals surface area contributed by atoms with Gasteiger partial charge in [0.05, 0.1) is 13.2 Å². The van der Waals surface area contributed by atoms with Gasteiger partial charge in [0.1, 0.15) is 5.82 Å². The van der Waals surface area contributed by atoms with Crippen molar-refractivity contribution in [2.45, 2.75) is 6.61 Å². The molecule has 1 aromatic rings. The maximum Gasteiger partial charge on any atom is 0.124 e. The first-order chi connectivity index (χ1) is 6.76. The highest BCUT2D eigenvalue weighted by molar-refractivity contribution is 5.37. The predicted molar refractivity (Wildman–Crippen MR) is 53.0 cm³/mol. The van der Waals surface area contributed by atoms with E-state index in [9.17, 15) is 4.39 Å². The summed E-state index contributed by atoms with van der Waals surface area (Å²) in [5.41, 5.74) is 6.62. The minimum absolute atomic E-state index is 0.274. The molecular weight excluding hydrogens is 181 g/mol. The molecule has 1 aromatic carbocycles. The maximum absolute atomic E-state index is 13.0. The molecule has 0 aliphatic rings. The second kappa shape index (κ2) is 5.38. The zero-order valence-electron chi connectivity index (χ0n) is 8.01. The lowest BCUT2D eigenvalue weighted by Gasteiger charge is -2.00. The predicted octanol–water partition coefficient (Wildman–Crippen LogP) is 1.28. The second-order valence-corrected chi connectivity index (χ2v) is 2.79. The standard InChI is InChI=1S/C11H12FNO/c1-14-8-10-5-9(3-2-4-13)6-11(12)7-10/h5-7H,4,8,13H2,1H3. The molecule has 3 heteroatoms. The molecule has 0 aliphatic carbocycles. The number of methoxy groups -OCH3 is 1. The van der Waals surface area contributed by atoms with Crippen LogP contribution in [-0.2, 0) is 11.3 Å². The van der Waals surface area contributed by atoms with Crippen molar-refractivity contribution in [3.8, 4) is 11.8 Å². The second-order valence-electron chi connectivity index (χ2n) is 2.79. The van der Waals surface area contributed by atoms with Crippen molar-refractivity contribution in [3.05, 3.63) is 35.1 Å². The number of hydrogen-bond donors (Lipinski definition) is 1. The lowest BCUT2D eigenvalue weighted by Crippen LogP contribution is -1.94. The molecule has 0 heterocycles. The van der Waals surface area contributed by atoms with E-state index in [1.807, 2.05) is 0 Å². The number of benzene rings is 1. The van der Waals surface area contributed by atoms with E-state index in [0.29, 0.717) is 12.2 Å². The van der Waals surface area contributed by atoms with E-state index in [-0.39, 0.29) is 12.4 Å². The first-order valence-electron chi connectivity index (χ1n) is 4.23. The summed E-state index contributed by atoms with van der Waals surface area (Å²) < 4.78 is 17.9. The number of halogens is 1. The number of ether oxygens (including phenoxy) is 1. The summed E-state index contributed by atoms with van der Waals surface area (Å²) in [6.07, 6.45) is 0. The fourth-order valence-electron chi connectivity index (χ4n) is 1.13. The molecule has 1 rings (SSSR count). The van der Waals surface area contributed by atoms with Gasteiger partial charge in [0.15, 0.2) is 0 Å². The quantitative estimate of drug-likeness (QED) is 0.718. The smallest absolute Gasteiger partial charge is 0.124 e. The van der Waals surface area contributed by atoms with Crippen molar-refractivity contribution in [1.29, 1.82) is 0 Å². The fourth-order valence-corrected chi connectivity index (χ4v) is 1.13. The maximum atomic E-state index is 13.0. The first kappa shape index (κ1) is 10.7. The molecule has 0 bridgehead atoms. The van der Waals surface area contributed by atoms with Crippen molar-refractivity contribution < 1.29 is 9.13 Å². The Morgan fingerprint density at radius 3 is 2.86 bits per heavy atom. The molecular formula is C11H12FNO. The summed E-state index contributed by atoms with van der Waals surface area (Å²) in [6.45, 7) is 0.658. The third kappa shape index (κ3) is 3.17. The molecule has 2 nitrogen and oxygen atoms in total. The molecule has 0 atom stereocenters. The van der Waals surface area contributed by atoms with E-state index in [1.54, 1.807) is 13.2 Å². The van der Waals surface area contributed by atoms with Crippen LogP contribution in [0.25, 0.3) is 0 Å². The van der Waals surface area contributed by atoms with E-state index in [0.717, 1.165) is 5.56 Å². The molecule has 0 amide bonds. The molecule has 0 saturated carbocycles. The molecule has 2 N–H and O–H groups in total. The Hall–Kier alpha value is -1.37. The third-order valence-corrected chi connectivity index (χ3v) is 1.60. The van der Waals surface area contributed by atoms with Gasteiger partial charge in [-0.15, -0.1) is 0 Å². The SMILES string of the molecule is COCc1cc(F)cc(C#CCN)c1. The van der Waals surface area contributed by atoms with E-state index < -0.39 is 0 Å². The van der Waals surface area contributed by atoms with E-state index in [1.165, 1.54) is 12.1 Å². The van der Waals surface area contributed by atoms with Crippen LogP contribution in [0.4, 0.5) is 4.39 Å². The molecule has 0 spiro atoms. The van der Waals surface area contributed by atoms with Crippen LogP contribution in [0, 0.1) is 17.7 Å². The van der Waals surface area contributed by atoms with Gasteiger partial charge in [0.2, 0.25) is 0 Å². The Morgan fingerprint density at radius 2 is 2.21 bits per heavy atom. The van der Waals surface area contributed by atoms with Crippen LogP contribution in [0.5, 0.6) is 0 Å². The molecule has 0 unspecified atom stereocenters. The Labute approximate surface area is 82.9 Å². The Bertz CT molecular complexity index is 365. The number of rotatable bonds is 2. The van der Waals surface area contributed by atoms with Crippen LogP contribution in [-0.4, -0.2) is 13.7 Å². The average Bonchev–Trinajstić information content (AvgIpc) is 2.14. The summed E-state index contributed by atoms with van der Waals surface area (Å²) in [7, 11) is 1.57. The van der Waals surface area contributed by atoms with Crippen LogP contribution < -0.4 is 5.73 Å². The van der Waals surface area contributed by atoms with Crippen molar-refractivity contribution in [3.63, 3.8) is 0 Å². The van der Waals surface area contributed by atoms with Gasteiger partial charge < -0.3 is 10.5 Å². The summed E-state index contributed by atoms with van der Waals surface area (Å²) >= 11 is 0. The molecule has 14 heavy (non-hydrogen) atoms. The lowest BCUT2D eigenvalue weighted by molar-refractivity contribution is 0.184. The topological polar surface area (TPSA) is 35.2 Å². The zero-order valence-corrected chi connectivity index (χ0v) is 8.01. The van der Waals surface area contributed by atoms with Crippen LogP contribution in [0.3, 0.4) is 0 Å². The first-order valence-corrected chi connectivity index (χ1v) is 4.23. The number of hydrogen-bond acceptors (Lipinski definition) is 2. The van der Waals surface area contributed by atoms with Crippen molar-refractivity contribution in [1.82, 2.24) is 0 Å². The van der Waals surface area contributed by atoms with E-state index >= 15 is 0 Å². The minimum Gasteiger partial charge on any atom is -0.380 e. The van der Waals surface area contributed by atoms with Gasteiger partial charge in [-0.1, -0.05) is 11.8 Å². The molecule has 0 fully saturated rings. The van der Waals surface area contributed by atoms with Crippen molar-refractivity contribution >= 4 is 0 Å². The van der Waals surface area contributed by atoms with E-state index in [2.05, 4.69) is 11.8 Å². The monoisotopic (exact) mass is 193 g/mol. The Kier molecular flexibility index (Phi) is 4.11. The molecule has 0 saturated heterocycles. The number of nitrogens with two attached hydrogens (primary N) is 1. The average molecular weight is 193 g/mol.